The van der Waals surface area contributed by atoms with Crippen LogP contribution < -0.4 is 4.74 Å². The molecule has 0 radical (unpaired) electrons. The van der Waals surface area contributed by atoms with Gasteiger partial charge in [0.05, 0.1) is 11.4 Å². The van der Waals surface area contributed by atoms with Gasteiger partial charge in [0.1, 0.15) is 17.3 Å². The zero-order chi connectivity index (χ0) is 17.4. The third-order valence-electron chi connectivity index (χ3n) is 4.49. The average Bonchev–Trinajstić information content (AvgIpc) is 2.46. The van der Waals surface area contributed by atoms with E-state index in [-0.39, 0.29) is 21.4 Å². The number of carboxylic acid groups (broad SMARTS) is 2. The van der Waals surface area contributed by atoms with Gasteiger partial charge in [-0.25, -0.2) is 0 Å². The summed E-state index contributed by atoms with van der Waals surface area (Å²) in [6.45, 7) is 3.70. The third kappa shape index (κ3) is 2.88. The van der Waals surface area contributed by atoms with Gasteiger partial charge in [0.25, 0.3) is 0 Å². The van der Waals surface area contributed by atoms with Gasteiger partial charge >= 0.3 is 11.9 Å². The van der Waals surface area contributed by atoms with Crippen molar-refractivity contribution >= 4 is 35.1 Å². The van der Waals surface area contributed by atoms with Gasteiger partial charge < -0.3 is 14.9 Å². The molecule has 126 valence electrons. The molecule has 1 aromatic rings. The predicted molar refractivity (Wildman–Crippen MR) is 86.5 cm³/mol. The lowest BCUT2D eigenvalue weighted by Crippen LogP contribution is -2.53. The fourth-order valence-electron chi connectivity index (χ4n) is 3.56. The van der Waals surface area contributed by atoms with E-state index in [9.17, 15) is 19.8 Å². The first-order chi connectivity index (χ1) is 10.8. The minimum Gasteiger partial charge on any atom is -0.488 e. The minimum absolute atomic E-state index is 0.191. The summed E-state index contributed by atoms with van der Waals surface area (Å²) in [6, 6.07) is 2.92. The molecule has 0 fully saturated rings. The van der Waals surface area contributed by atoms with Crippen molar-refractivity contribution in [2.75, 3.05) is 0 Å². The Morgan fingerprint density at radius 2 is 1.87 bits per heavy atom. The lowest BCUT2D eigenvalue weighted by Gasteiger charge is -2.45. The summed E-state index contributed by atoms with van der Waals surface area (Å²) in [5.41, 5.74) is -1.38. The van der Waals surface area contributed by atoms with Crippen LogP contribution in [0.5, 0.6) is 5.75 Å². The number of hydrogen-bond donors (Lipinski definition) is 2. The molecule has 0 aromatic heterocycles. The molecule has 1 aliphatic rings. The number of ether oxygens (including phenoxy) is 1. The number of aliphatic carboxylic acids is 2. The summed E-state index contributed by atoms with van der Waals surface area (Å²) in [5, 5.41) is 19.8. The van der Waals surface area contributed by atoms with Gasteiger partial charge in [0.2, 0.25) is 0 Å². The molecule has 0 saturated heterocycles. The molecule has 0 saturated carbocycles. The average molecular weight is 361 g/mol. The van der Waals surface area contributed by atoms with E-state index in [0.717, 1.165) is 0 Å². The number of carbonyl (C=O) groups is 2. The summed E-state index contributed by atoms with van der Waals surface area (Å²) < 4.78 is 5.91. The first-order valence-electron chi connectivity index (χ1n) is 7.39. The highest BCUT2D eigenvalue weighted by molar-refractivity contribution is 6.35. The first kappa shape index (κ1) is 17.9. The van der Waals surface area contributed by atoms with Crippen LogP contribution in [-0.2, 0) is 15.0 Å². The molecule has 23 heavy (non-hydrogen) atoms. The Labute approximate surface area is 144 Å². The van der Waals surface area contributed by atoms with Crippen LogP contribution in [0.2, 0.25) is 10.0 Å². The molecule has 0 bridgehead atoms. The largest absolute Gasteiger partial charge is 0.488 e. The van der Waals surface area contributed by atoms with Crippen molar-refractivity contribution in [2.24, 2.45) is 5.92 Å². The molecule has 1 heterocycles. The lowest BCUT2D eigenvalue weighted by atomic mass is 9.63. The van der Waals surface area contributed by atoms with Crippen LogP contribution >= 0.6 is 23.2 Å². The third-order valence-corrected chi connectivity index (χ3v) is 4.99. The van der Waals surface area contributed by atoms with E-state index >= 15 is 0 Å². The van der Waals surface area contributed by atoms with E-state index in [1.165, 1.54) is 12.1 Å². The van der Waals surface area contributed by atoms with Crippen molar-refractivity contribution < 1.29 is 24.5 Å². The number of benzene rings is 1. The van der Waals surface area contributed by atoms with Crippen LogP contribution in [0, 0.1) is 5.92 Å². The van der Waals surface area contributed by atoms with E-state index < -0.39 is 35.8 Å². The first-order valence-corrected chi connectivity index (χ1v) is 8.14. The normalized spacial score (nSPS) is 26.3. The smallest absolute Gasteiger partial charge is 0.315 e. The maximum Gasteiger partial charge on any atom is 0.315 e. The van der Waals surface area contributed by atoms with Crippen molar-refractivity contribution in [1.29, 1.82) is 0 Å². The topological polar surface area (TPSA) is 83.8 Å². The maximum absolute atomic E-state index is 12.2. The number of rotatable bonds is 5. The standard InChI is InChI=1S/C16H18Cl2O5/c1-3-9-12(4-2)23-14-10(5-8(17)6-11(14)18)16(9,15(21)22)7-13(19)20/h5-6,9,12H,3-4,7H2,1-2H3,(H,19,20)(H,21,22). The summed E-state index contributed by atoms with van der Waals surface area (Å²) in [4.78, 5) is 23.7. The Hall–Kier alpha value is -1.46. The van der Waals surface area contributed by atoms with E-state index in [1.807, 2.05) is 13.8 Å². The van der Waals surface area contributed by atoms with E-state index in [1.54, 1.807) is 0 Å². The fraction of sp³-hybridized carbons (Fsp3) is 0.500. The highest BCUT2D eigenvalue weighted by atomic mass is 35.5. The number of hydrogen-bond acceptors (Lipinski definition) is 3. The maximum atomic E-state index is 12.2. The molecule has 7 heteroatoms. The molecule has 3 unspecified atom stereocenters. The van der Waals surface area contributed by atoms with Crippen molar-refractivity contribution in [1.82, 2.24) is 0 Å². The molecule has 0 aliphatic carbocycles. The predicted octanol–water partition coefficient (Wildman–Crippen LogP) is 3.99. The number of carboxylic acids is 2. The molecule has 0 amide bonds. The van der Waals surface area contributed by atoms with Gasteiger partial charge in [-0.05, 0) is 25.0 Å². The molecule has 5 nitrogen and oxygen atoms in total. The van der Waals surface area contributed by atoms with Crippen LogP contribution in [0.15, 0.2) is 12.1 Å². The molecular weight excluding hydrogens is 343 g/mol. The Kier molecular flexibility index (Phi) is 5.11. The fourth-order valence-corrected chi connectivity index (χ4v) is 4.09. The summed E-state index contributed by atoms with van der Waals surface area (Å²) in [7, 11) is 0. The van der Waals surface area contributed by atoms with Gasteiger partial charge in [0.15, 0.2) is 0 Å². The molecular formula is C16H18Cl2O5. The Balaban J connectivity index is 2.82. The minimum atomic E-state index is -1.62. The highest BCUT2D eigenvalue weighted by Gasteiger charge is 2.56. The van der Waals surface area contributed by atoms with Gasteiger partial charge in [-0.15, -0.1) is 0 Å². The van der Waals surface area contributed by atoms with Crippen LogP contribution in [0.25, 0.3) is 0 Å². The van der Waals surface area contributed by atoms with Crippen molar-refractivity contribution in [3.8, 4) is 5.75 Å². The van der Waals surface area contributed by atoms with Crippen LogP contribution in [0.1, 0.15) is 38.7 Å². The van der Waals surface area contributed by atoms with E-state index in [2.05, 4.69) is 0 Å². The summed E-state index contributed by atoms with van der Waals surface area (Å²) in [6.07, 6.45) is 0.0269. The Morgan fingerprint density at radius 3 is 2.35 bits per heavy atom. The van der Waals surface area contributed by atoms with Crippen LogP contribution in [0.3, 0.4) is 0 Å². The summed E-state index contributed by atoms with van der Waals surface area (Å²) in [5.74, 6) is -2.67. The van der Waals surface area contributed by atoms with Crippen molar-refractivity contribution in [2.45, 2.75) is 44.6 Å². The summed E-state index contributed by atoms with van der Waals surface area (Å²) >= 11 is 12.2. The monoisotopic (exact) mass is 360 g/mol. The molecule has 1 aliphatic heterocycles. The van der Waals surface area contributed by atoms with E-state index in [0.29, 0.717) is 12.8 Å². The van der Waals surface area contributed by atoms with Crippen LogP contribution in [0.4, 0.5) is 0 Å². The van der Waals surface area contributed by atoms with Gasteiger partial charge in [-0.3, -0.25) is 9.59 Å². The number of fused-ring (bicyclic) bond motifs is 1. The van der Waals surface area contributed by atoms with Gasteiger partial charge in [-0.1, -0.05) is 37.0 Å². The second-order valence-corrected chi connectivity index (χ2v) is 6.53. The zero-order valence-corrected chi connectivity index (χ0v) is 14.3. The Bertz CT molecular complexity index is 646. The SMILES string of the molecule is CCC1Oc2c(Cl)cc(Cl)cc2C(CC(=O)O)(C(=O)O)C1CC. The van der Waals surface area contributed by atoms with Gasteiger partial charge in [0, 0.05) is 16.5 Å². The second kappa shape index (κ2) is 6.57. The lowest BCUT2D eigenvalue weighted by molar-refractivity contribution is -0.156. The molecule has 3 atom stereocenters. The van der Waals surface area contributed by atoms with Crippen molar-refractivity contribution in [3.63, 3.8) is 0 Å². The molecule has 2 rings (SSSR count). The Morgan fingerprint density at radius 1 is 1.22 bits per heavy atom. The molecule has 0 spiro atoms. The van der Waals surface area contributed by atoms with E-state index in [4.69, 9.17) is 27.9 Å². The quantitative estimate of drug-likeness (QED) is 0.829. The zero-order valence-electron chi connectivity index (χ0n) is 12.8. The molecule has 2 N–H and O–H groups in total. The van der Waals surface area contributed by atoms with Crippen molar-refractivity contribution in [3.05, 3.63) is 27.7 Å². The van der Waals surface area contributed by atoms with Crippen LogP contribution in [-0.4, -0.2) is 28.3 Å². The van der Waals surface area contributed by atoms with Gasteiger partial charge in [-0.2, -0.15) is 0 Å². The highest BCUT2D eigenvalue weighted by Crippen LogP contribution is 2.52. The number of halogens is 2. The second-order valence-electron chi connectivity index (χ2n) is 5.69. The molecule has 1 aromatic carbocycles.